The van der Waals surface area contributed by atoms with Crippen LogP contribution in [0.5, 0.6) is 0 Å². The summed E-state index contributed by atoms with van der Waals surface area (Å²) >= 11 is 0. The van der Waals surface area contributed by atoms with Crippen LogP contribution >= 0.6 is 0 Å². The molecule has 4 nitrogen and oxygen atoms in total. The van der Waals surface area contributed by atoms with Gasteiger partial charge in [0.1, 0.15) is 5.82 Å². The van der Waals surface area contributed by atoms with E-state index in [0.29, 0.717) is 18.0 Å². The fraction of sp³-hybridized carbons (Fsp3) is 0.400. The molecule has 0 aliphatic carbocycles. The topological polar surface area (TPSA) is 48.1 Å². The molecule has 1 aromatic heterocycles. The lowest BCUT2D eigenvalue weighted by Crippen LogP contribution is -2.52. The van der Waals surface area contributed by atoms with Gasteiger partial charge in [0, 0.05) is 29.7 Å². The van der Waals surface area contributed by atoms with Crippen molar-refractivity contribution in [2.45, 2.75) is 20.4 Å². The van der Waals surface area contributed by atoms with Crippen molar-refractivity contribution in [1.29, 1.82) is 0 Å². The molecular formula is C15H18FN3O. The zero-order valence-electron chi connectivity index (χ0n) is 11.7. The molecule has 1 saturated heterocycles. The Morgan fingerprint density at radius 2 is 2.20 bits per heavy atom. The maximum atomic E-state index is 13.5. The average molecular weight is 275 g/mol. The number of aromatic amines is 1. The minimum Gasteiger partial charge on any atom is -0.357 e. The summed E-state index contributed by atoms with van der Waals surface area (Å²) in [6, 6.07) is 5.14. The van der Waals surface area contributed by atoms with Gasteiger partial charge in [-0.25, -0.2) is 9.18 Å². The Morgan fingerprint density at radius 3 is 2.90 bits per heavy atom. The smallest absolute Gasteiger partial charge is 0.317 e. The third-order valence-corrected chi connectivity index (χ3v) is 3.74. The molecule has 0 atom stereocenters. The molecule has 2 aromatic rings. The van der Waals surface area contributed by atoms with E-state index in [1.54, 1.807) is 17.9 Å². The first-order chi connectivity index (χ1) is 9.52. The number of carbonyl (C=O) groups excluding carboxylic acids is 1. The molecule has 0 bridgehead atoms. The van der Waals surface area contributed by atoms with Gasteiger partial charge in [-0.1, -0.05) is 6.92 Å². The average Bonchev–Trinajstić information content (AvgIpc) is 2.75. The van der Waals surface area contributed by atoms with Crippen LogP contribution in [-0.2, 0) is 6.54 Å². The van der Waals surface area contributed by atoms with Gasteiger partial charge in [0.15, 0.2) is 0 Å². The van der Waals surface area contributed by atoms with E-state index < -0.39 is 0 Å². The Hall–Kier alpha value is -2.04. The number of H-pyrrole nitrogens is 1. The van der Waals surface area contributed by atoms with Gasteiger partial charge >= 0.3 is 6.03 Å². The van der Waals surface area contributed by atoms with Crippen LogP contribution in [0.4, 0.5) is 9.18 Å². The number of likely N-dealkylation sites (tertiary alicyclic amines) is 1. The highest BCUT2D eigenvalue weighted by atomic mass is 19.1. The summed E-state index contributed by atoms with van der Waals surface area (Å²) in [4.78, 5) is 16.8. The number of benzene rings is 1. The number of hydrogen-bond donors (Lipinski definition) is 2. The monoisotopic (exact) mass is 275 g/mol. The fourth-order valence-electron chi connectivity index (χ4n) is 2.56. The molecule has 1 aliphatic rings. The van der Waals surface area contributed by atoms with Crippen LogP contribution in [0.15, 0.2) is 18.2 Å². The second-order valence-corrected chi connectivity index (χ2v) is 5.65. The molecule has 106 valence electrons. The molecule has 0 unspecified atom stereocenters. The van der Waals surface area contributed by atoms with Crippen molar-refractivity contribution in [2.75, 3.05) is 13.1 Å². The molecular weight excluding hydrogens is 257 g/mol. The lowest BCUT2D eigenvalue weighted by Gasteiger charge is -2.36. The van der Waals surface area contributed by atoms with Gasteiger partial charge in [-0.15, -0.1) is 0 Å². The third-order valence-electron chi connectivity index (χ3n) is 3.74. The first-order valence-electron chi connectivity index (χ1n) is 6.83. The molecule has 0 saturated carbocycles. The minimum absolute atomic E-state index is 0.0379. The normalized spacial score (nSPS) is 15.4. The predicted molar refractivity (Wildman–Crippen MR) is 76.0 cm³/mol. The van der Waals surface area contributed by atoms with E-state index in [4.69, 9.17) is 0 Å². The van der Waals surface area contributed by atoms with Crippen LogP contribution in [-0.4, -0.2) is 29.0 Å². The standard InChI is InChI=1S/C15H18FN3O/c1-9-7-19(8-9)15(20)17-6-12-4-11-5-13(16)10(2)3-14(11)18-12/h3-5,9,18H,6-8H2,1-2H3,(H,17,20). The summed E-state index contributed by atoms with van der Waals surface area (Å²) in [6.07, 6.45) is 0. The van der Waals surface area contributed by atoms with Gasteiger partial charge in [0.05, 0.1) is 6.54 Å². The zero-order chi connectivity index (χ0) is 14.3. The Labute approximate surface area is 117 Å². The number of nitrogens with zero attached hydrogens (tertiary/aromatic N) is 1. The molecule has 2 heterocycles. The molecule has 0 spiro atoms. The molecule has 1 aliphatic heterocycles. The van der Waals surface area contributed by atoms with Gasteiger partial charge in [0.25, 0.3) is 0 Å². The maximum absolute atomic E-state index is 13.5. The van der Waals surface area contributed by atoms with Crippen molar-refractivity contribution in [1.82, 2.24) is 15.2 Å². The number of aromatic nitrogens is 1. The Morgan fingerprint density at radius 1 is 1.45 bits per heavy atom. The molecule has 20 heavy (non-hydrogen) atoms. The number of aryl methyl sites for hydroxylation is 1. The highest BCUT2D eigenvalue weighted by Crippen LogP contribution is 2.20. The van der Waals surface area contributed by atoms with E-state index in [1.807, 2.05) is 6.07 Å². The first-order valence-corrected chi connectivity index (χ1v) is 6.83. The molecule has 5 heteroatoms. The van der Waals surface area contributed by atoms with E-state index in [1.165, 1.54) is 6.07 Å². The number of fused-ring (bicyclic) bond motifs is 1. The molecule has 2 N–H and O–H groups in total. The highest BCUT2D eigenvalue weighted by molar-refractivity contribution is 5.81. The van der Waals surface area contributed by atoms with Gasteiger partial charge in [-0.2, -0.15) is 0 Å². The van der Waals surface area contributed by atoms with E-state index in [0.717, 1.165) is 29.7 Å². The Balaban J connectivity index is 1.67. The van der Waals surface area contributed by atoms with Crippen molar-refractivity contribution >= 4 is 16.9 Å². The summed E-state index contributed by atoms with van der Waals surface area (Å²) in [5.41, 5.74) is 2.39. The number of nitrogens with one attached hydrogen (secondary N) is 2. The molecule has 0 radical (unpaired) electrons. The van der Waals surface area contributed by atoms with E-state index in [2.05, 4.69) is 17.2 Å². The van der Waals surface area contributed by atoms with Crippen LogP contribution in [0.3, 0.4) is 0 Å². The molecule has 2 amide bonds. The van der Waals surface area contributed by atoms with Crippen molar-refractivity contribution in [2.24, 2.45) is 5.92 Å². The van der Waals surface area contributed by atoms with Gasteiger partial charge in [0.2, 0.25) is 0 Å². The second-order valence-electron chi connectivity index (χ2n) is 5.65. The summed E-state index contributed by atoms with van der Waals surface area (Å²) in [5, 5.41) is 3.70. The summed E-state index contributed by atoms with van der Waals surface area (Å²) in [6.45, 7) is 5.94. The second kappa shape index (κ2) is 4.81. The van der Waals surface area contributed by atoms with Crippen LogP contribution in [0.2, 0.25) is 0 Å². The minimum atomic E-state index is -0.207. The van der Waals surface area contributed by atoms with Crippen LogP contribution in [0, 0.1) is 18.7 Å². The lowest BCUT2D eigenvalue weighted by atomic mass is 10.0. The van der Waals surface area contributed by atoms with Crippen LogP contribution < -0.4 is 5.32 Å². The molecule has 1 fully saturated rings. The summed E-state index contributed by atoms with van der Waals surface area (Å²) in [7, 11) is 0. The molecule has 3 rings (SSSR count). The van der Waals surface area contributed by atoms with E-state index in [-0.39, 0.29) is 11.8 Å². The number of carbonyl (C=O) groups is 1. The zero-order valence-corrected chi connectivity index (χ0v) is 11.7. The number of urea groups is 1. The van der Waals surface area contributed by atoms with Gasteiger partial charge in [-0.05, 0) is 36.6 Å². The van der Waals surface area contributed by atoms with Gasteiger partial charge < -0.3 is 15.2 Å². The van der Waals surface area contributed by atoms with E-state index >= 15 is 0 Å². The molecule has 1 aromatic carbocycles. The van der Waals surface area contributed by atoms with Crippen molar-refractivity contribution in [3.63, 3.8) is 0 Å². The van der Waals surface area contributed by atoms with Gasteiger partial charge in [-0.3, -0.25) is 0 Å². The number of halogens is 1. The number of amides is 2. The Kier molecular flexibility index (Phi) is 3.12. The number of rotatable bonds is 2. The van der Waals surface area contributed by atoms with Crippen LogP contribution in [0.1, 0.15) is 18.2 Å². The summed E-state index contributed by atoms with van der Waals surface area (Å²) in [5.74, 6) is 0.390. The lowest BCUT2D eigenvalue weighted by molar-refractivity contribution is 0.129. The number of hydrogen-bond acceptors (Lipinski definition) is 1. The first kappa shape index (κ1) is 13.0. The largest absolute Gasteiger partial charge is 0.357 e. The quantitative estimate of drug-likeness (QED) is 0.870. The van der Waals surface area contributed by atoms with Crippen molar-refractivity contribution in [3.8, 4) is 0 Å². The van der Waals surface area contributed by atoms with Crippen molar-refractivity contribution in [3.05, 3.63) is 35.3 Å². The fourth-order valence-corrected chi connectivity index (χ4v) is 2.56. The summed E-state index contributed by atoms with van der Waals surface area (Å²) < 4.78 is 13.5. The predicted octanol–water partition coefficient (Wildman–Crippen LogP) is 2.78. The highest BCUT2D eigenvalue weighted by Gasteiger charge is 2.26. The Bertz CT molecular complexity index is 619. The maximum Gasteiger partial charge on any atom is 0.317 e. The van der Waals surface area contributed by atoms with E-state index in [9.17, 15) is 9.18 Å². The SMILES string of the molecule is Cc1cc2[nH]c(CNC(=O)N3CC(C)C3)cc2cc1F. The third kappa shape index (κ3) is 2.35. The van der Waals surface area contributed by atoms with Crippen molar-refractivity contribution < 1.29 is 9.18 Å². The van der Waals surface area contributed by atoms with Crippen LogP contribution in [0.25, 0.3) is 10.9 Å².